The molecule has 0 spiro atoms. The van der Waals surface area contributed by atoms with Crippen LogP contribution in [0.3, 0.4) is 0 Å². The molecule has 134 valence electrons. The number of benzene rings is 1. The van der Waals surface area contributed by atoms with Crippen LogP contribution in [0, 0.1) is 6.92 Å². The van der Waals surface area contributed by atoms with Crippen LogP contribution in [0.1, 0.15) is 30.1 Å². The van der Waals surface area contributed by atoms with E-state index in [-0.39, 0.29) is 12.1 Å². The molecule has 0 bridgehead atoms. The number of urea groups is 1. The highest BCUT2D eigenvalue weighted by Gasteiger charge is 2.32. The summed E-state index contributed by atoms with van der Waals surface area (Å²) >= 11 is 0. The van der Waals surface area contributed by atoms with Crippen LogP contribution in [-0.2, 0) is 7.05 Å². The summed E-state index contributed by atoms with van der Waals surface area (Å²) in [5.74, 6) is 1.21. The molecular formula is C18H24N4O3. The minimum Gasteiger partial charge on any atom is -0.493 e. The van der Waals surface area contributed by atoms with Crippen LogP contribution in [0.25, 0.3) is 0 Å². The molecule has 0 aliphatic carbocycles. The van der Waals surface area contributed by atoms with E-state index < -0.39 is 0 Å². The smallest absolute Gasteiger partial charge is 0.322 e. The highest BCUT2D eigenvalue weighted by molar-refractivity contribution is 5.90. The van der Waals surface area contributed by atoms with Gasteiger partial charge in [-0.25, -0.2) is 4.79 Å². The number of rotatable bonds is 4. The van der Waals surface area contributed by atoms with Gasteiger partial charge >= 0.3 is 6.03 Å². The molecule has 1 atom stereocenters. The van der Waals surface area contributed by atoms with Crippen molar-refractivity contribution in [2.45, 2.75) is 25.8 Å². The first-order chi connectivity index (χ1) is 12.0. The van der Waals surface area contributed by atoms with Crippen molar-refractivity contribution in [2.24, 2.45) is 7.05 Å². The monoisotopic (exact) mass is 344 g/mol. The fraction of sp³-hybridized carbons (Fsp3) is 0.444. The summed E-state index contributed by atoms with van der Waals surface area (Å²) in [7, 11) is 5.06. The Morgan fingerprint density at radius 1 is 1.28 bits per heavy atom. The summed E-state index contributed by atoms with van der Waals surface area (Å²) in [6, 6.07) is 5.30. The molecule has 1 N–H and O–H groups in total. The first kappa shape index (κ1) is 17.1. The number of carbonyl (C=O) groups excluding carboxylic acids is 1. The number of anilines is 1. The summed E-state index contributed by atoms with van der Waals surface area (Å²) < 4.78 is 12.3. The number of ether oxygens (including phenoxy) is 2. The zero-order valence-corrected chi connectivity index (χ0v) is 15.1. The number of carbonyl (C=O) groups is 1. The number of likely N-dealkylation sites (tertiary alicyclic amines) is 1. The van der Waals surface area contributed by atoms with Gasteiger partial charge in [0.15, 0.2) is 11.5 Å². The van der Waals surface area contributed by atoms with E-state index in [0.29, 0.717) is 17.2 Å². The zero-order valence-electron chi connectivity index (χ0n) is 15.1. The van der Waals surface area contributed by atoms with Crippen LogP contribution in [0.2, 0.25) is 0 Å². The van der Waals surface area contributed by atoms with Gasteiger partial charge in [-0.1, -0.05) is 0 Å². The molecule has 2 amide bonds. The average molecular weight is 344 g/mol. The van der Waals surface area contributed by atoms with E-state index in [1.165, 1.54) is 0 Å². The van der Waals surface area contributed by atoms with Crippen molar-refractivity contribution in [3.8, 4) is 11.5 Å². The lowest BCUT2D eigenvalue weighted by atomic mass is 10.1. The Morgan fingerprint density at radius 2 is 2.04 bits per heavy atom. The van der Waals surface area contributed by atoms with Crippen LogP contribution in [0.5, 0.6) is 11.5 Å². The van der Waals surface area contributed by atoms with Gasteiger partial charge in [0.05, 0.1) is 26.0 Å². The molecule has 7 nitrogen and oxygen atoms in total. The number of nitrogens with zero attached hydrogens (tertiary/aromatic N) is 3. The highest BCUT2D eigenvalue weighted by atomic mass is 16.5. The second-order valence-electron chi connectivity index (χ2n) is 6.19. The molecular weight excluding hydrogens is 320 g/mol. The third kappa shape index (κ3) is 3.40. The Hall–Kier alpha value is -2.70. The lowest BCUT2D eigenvalue weighted by molar-refractivity contribution is 0.207. The lowest BCUT2D eigenvalue weighted by Crippen LogP contribution is -2.34. The first-order valence-corrected chi connectivity index (χ1v) is 8.33. The largest absolute Gasteiger partial charge is 0.493 e. The highest BCUT2D eigenvalue weighted by Crippen LogP contribution is 2.34. The summed E-state index contributed by atoms with van der Waals surface area (Å²) in [5.41, 5.74) is 2.76. The summed E-state index contributed by atoms with van der Waals surface area (Å²) in [6.45, 7) is 2.72. The maximum absolute atomic E-state index is 12.8. The van der Waals surface area contributed by atoms with Crippen molar-refractivity contribution >= 4 is 11.7 Å². The zero-order chi connectivity index (χ0) is 18.0. The van der Waals surface area contributed by atoms with Gasteiger partial charge in [0.25, 0.3) is 0 Å². The van der Waals surface area contributed by atoms with Crippen molar-refractivity contribution in [3.63, 3.8) is 0 Å². The van der Waals surface area contributed by atoms with Crippen molar-refractivity contribution in [1.29, 1.82) is 0 Å². The number of hydrogen-bond acceptors (Lipinski definition) is 4. The second kappa shape index (κ2) is 7.04. The quantitative estimate of drug-likeness (QED) is 0.925. The third-order valence-electron chi connectivity index (χ3n) is 4.56. The van der Waals surface area contributed by atoms with Gasteiger partial charge in [0.2, 0.25) is 0 Å². The molecule has 7 heteroatoms. The van der Waals surface area contributed by atoms with E-state index in [2.05, 4.69) is 10.4 Å². The molecule has 0 saturated carbocycles. The van der Waals surface area contributed by atoms with Crippen molar-refractivity contribution < 1.29 is 14.3 Å². The Labute approximate surface area is 147 Å². The Balaban J connectivity index is 1.77. The van der Waals surface area contributed by atoms with Crippen LogP contribution in [0.4, 0.5) is 10.5 Å². The number of aryl methyl sites for hydroxylation is 2. The number of hydrogen-bond donors (Lipinski definition) is 1. The van der Waals surface area contributed by atoms with Crippen molar-refractivity contribution in [3.05, 3.63) is 35.7 Å². The van der Waals surface area contributed by atoms with Gasteiger partial charge < -0.3 is 19.7 Å². The van der Waals surface area contributed by atoms with Gasteiger partial charge in [0, 0.05) is 37.1 Å². The molecule has 1 aromatic heterocycles. The van der Waals surface area contributed by atoms with Crippen molar-refractivity contribution in [2.75, 3.05) is 26.1 Å². The van der Waals surface area contributed by atoms with Gasteiger partial charge in [-0.15, -0.1) is 0 Å². The second-order valence-corrected chi connectivity index (χ2v) is 6.19. The van der Waals surface area contributed by atoms with Crippen LogP contribution >= 0.6 is 0 Å². The summed E-state index contributed by atoms with van der Waals surface area (Å²) in [4.78, 5) is 14.7. The summed E-state index contributed by atoms with van der Waals surface area (Å²) in [6.07, 6.45) is 3.94. The summed E-state index contributed by atoms with van der Waals surface area (Å²) in [5, 5.41) is 7.36. The van der Waals surface area contributed by atoms with Gasteiger partial charge in [0.1, 0.15) is 0 Å². The molecule has 0 radical (unpaired) electrons. The molecule has 1 aromatic carbocycles. The third-order valence-corrected chi connectivity index (χ3v) is 4.56. The number of nitrogens with one attached hydrogen (secondary N) is 1. The minimum atomic E-state index is -0.113. The molecule has 1 saturated heterocycles. The van der Waals surface area contributed by atoms with E-state index in [1.807, 2.05) is 25.1 Å². The minimum absolute atomic E-state index is 0.0637. The SMILES string of the molecule is COc1ccc(NC(=O)N2CCCC2c2cn(C)nc2C)cc1OC. The molecule has 1 aliphatic rings. The predicted octanol–water partition coefficient (Wildman–Crippen LogP) is 3.11. The van der Waals surface area contributed by atoms with E-state index in [9.17, 15) is 4.79 Å². The molecule has 25 heavy (non-hydrogen) atoms. The lowest BCUT2D eigenvalue weighted by Gasteiger charge is -2.25. The predicted molar refractivity (Wildman–Crippen MR) is 95.2 cm³/mol. The molecule has 2 aromatic rings. The fourth-order valence-corrected chi connectivity index (χ4v) is 3.39. The number of methoxy groups -OCH3 is 2. The van der Waals surface area contributed by atoms with E-state index in [0.717, 1.165) is 30.6 Å². The van der Waals surface area contributed by atoms with Gasteiger partial charge in [-0.3, -0.25) is 4.68 Å². The molecule has 1 fully saturated rings. The van der Waals surface area contributed by atoms with Gasteiger partial charge in [-0.05, 0) is 31.9 Å². The molecule has 1 aliphatic heterocycles. The number of amides is 2. The van der Waals surface area contributed by atoms with Crippen LogP contribution in [-0.4, -0.2) is 41.5 Å². The van der Waals surface area contributed by atoms with Crippen LogP contribution in [0.15, 0.2) is 24.4 Å². The van der Waals surface area contributed by atoms with Crippen molar-refractivity contribution in [1.82, 2.24) is 14.7 Å². The van der Waals surface area contributed by atoms with Gasteiger partial charge in [-0.2, -0.15) is 5.10 Å². The topological polar surface area (TPSA) is 68.6 Å². The molecule has 1 unspecified atom stereocenters. The Kier molecular flexibility index (Phi) is 4.83. The normalized spacial score (nSPS) is 16.8. The van der Waals surface area contributed by atoms with Crippen LogP contribution < -0.4 is 14.8 Å². The number of aromatic nitrogens is 2. The first-order valence-electron chi connectivity index (χ1n) is 8.33. The fourth-order valence-electron chi connectivity index (χ4n) is 3.39. The Bertz CT molecular complexity index is 772. The van der Waals surface area contributed by atoms with E-state index >= 15 is 0 Å². The average Bonchev–Trinajstić information content (AvgIpc) is 3.20. The standard InChI is InChI=1S/C18H24N4O3/c1-12-14(11-21(2)20-12)15-6-5-9-22(15)18(23)19-13-7-8-16(24-3)17(10-13)25-4/h7-8,10-11,15H,5-6,9H2,1-4H3,(H,19,23). The molecule has 2 heterocycles. The molecule has 3 rings (SSSR count). The maximum atomic E-state index is 12.8. The van der Waals surface area contributed by atoms with E-state index in [4.69, 9.17) is 9.47 Å². The van der Waals surface area contributed by atoms with E-state index in [1.54, 1.807) is 37.1 Å². The Morgan fingerprint density at radius 3 is 2.68 bits per heavy atom. The maximum Gasteiger partial charge on any atom is 0.322 e.